The number of thiazole rings is 1. The molecule has 1 saturated heterocycles. The second-order valence-corrected chi connectivity index (χ2v) is 7.09. The van der Waals surface area contributed by atoms with Crippen LogP contribution < -0.4 is 4.90 Å². The molecule has 2 aromatic rings. The highest BCUT2D eigenvalue weighted by Gasteiger charge is 2.22. The molecule has 0 aromatic carbocycles. The minimum atomic E-state index is -0.941. The van der Waals surface area contributed by atoms with Crippen LogP contribution in [0.5, 0.6) is 0 Å². The lowest BCUT2D eigenvalue weighted by molar-refractivity contribution is -0.131. The molecule has 106 valence electrons. The third kappa shape index (κ3) is 2.55. The van der Waals surface area contributed by atoms with Gasteiger partial charge in [0.1, 0.15) is 0 Å². The largest absolute Gasteiger partial charge is 0.478 e. The Kier molecular flexibility index (Phi) is 3.71. The van der Waals surface area contributed by atoms with Crippen LogP contribution in [0.1, 0.15) is 12.6 Å². The molecule has 0 spiro atoms. The quantitative estimate of drug-likeness (QED) is 0.883. The Hall–Kier alpha value is -1.47. The molecule has 3 rings (SSSR count). The summed E-state index contributed by atoms with van der Waals surface area (Å²) in [7, 11) is 0. The molecule has 1 atom stereocenters. The van der Waals surface area contributed by atoms with Crippen molar-refractivity contribution >= 4 is 45.9 Å². The lowest BCUT2D eigenvalue weighted by Gasteiger charge is -2.31. The third-order valence-electron chi connectivity index (χ3n) is 3.20. The Labute approximate surface area is 124 Å². The highest BCUT2D eigenvalue weighted by atomic mass is 32.2. The molecule has 0 radical (unpaired) electrons. The highest BCUT2D eigenvalue weighted by molar-refractivity contribution is 8.00. The molecule has 20 heavy (non-hydrogen) atoms. The summed E-state index contributed by atoms with van der Waals surface area (Å²) in [4.78, 5) is 18.6. The van der Waals surface area contributed by atoms with Crippen molar-refractivity contribution in [3.63, 3.8) is 0 Å². The fraction of sp³-hybridized carbons (Fsp3) is 0.385. The minimum absolute atomic E-state index is 0.569. The van der Waals surface area contributed by atoms with Gasteiger partial charge in [-0.3, -0.25) is 4.40 Å². The van der Waals surface area contributed by atoms with Crippen LogP contribution in [0.4, 0.5) is 5.82 Å². The van der Waals surface area contributed by atoms with Gasteiger partial charge in [-0.15, -0.1) is 11.3 Å². The predicted octanol–water partition coefficient (Wildman–Crippen LogP) is 2.44. The van der Waals surface area contributed by atoms with Crippen molar-refractivity contribution in [1.82, 2.24) is 9.38 Å². The lowest BCUT2D eigenvalue weighted by Crippen LogP contribution is -2.37. The van der Waals surface area contributed by atoms with Gasteiger partial charge in [-0.25, -0.2) is 9.78 Å². The van der Waals surface area contributed by atoms with E-state index in [2.05, 4.69) is 16.8 Å². The van der Waals surface area contributed by atoms with Crippen LogP contribution >= 0.6 is 23.1 Å². The Morgan fingerprint density at radius 2 is 2.45 bits per heavy atom. The number of carbonyl (C=O) groups is 1. The number of hydrogen-bond acceptors (Lipinski definition) is 5. The van der Waals surface area contributed by atoms with Crippen LogP contribution in [0.3, 0.4) is 0 Å². The Bertz CT molecular complexity index is 662. The van der Waals surface area contributed by atoms with Crippen molar-refractivity contribution in [1.29, 1.82) is 0 Å². The molecular formula is C13H15N3O2S2. The molecule has 1 aliphatic heterocycles. The van der Waals surface area contributed by atoms with E-state index in [1.54, 1.807) is 17.4 Å². The zero-order valence-corrected chi connectivity index (χ0v) is 12.7. The van der Waals surface area contributed by atoms with E-state index in [9.17, 15) is 4.79 Å². The number of hydrogen-bond donors (Lipinski definition) is 1. The van der Waals surface area contributed by atoms with Gasteiger partial charge >= 0.3 is 5.97 Å². The first kappa shape index (κ1) is 13.5. The number of imidazole rings is 1. The molecular weight excluding hydrogens is 294 g/mol. The van der Waals surface area contributed by atoms with Gasteiger partial charge in [-0.2, -0.15) is 11.8 Å². The van der Waals surface area contributed by atoms with Crippen LogP contribution in [0, 0.1) is 0 Å². The Balaban J connectivity index is 2.02. The first-order valence-electron chi connectivity index (χ1n) is 6.38. The summed E-state index contributed by atoms with van der Waals surface area (Å²) < 4.78 is 1.95. The number of thioether (sulfide) groups is 1. The van der Waals surface area contributed by atoms with Gasteiger partial charge in [0.15, 0.2) is 10.8 Å². The maximum Gasteiger partial charge on any atom is 0.328 e. The summed E-state index contributed by atoms with van der Waals surface area (Å²) in [6.45, 7) is 4.11. The normalized spacial score (nSPS) is 20.1. The average molecular weight is 309 g/mol. The summed E-state index contributed by atoms with van der Waals surface area (Å²) >= 11 is 3.52. The lowest BCUT2D eigenvalue weighted by atomic mass is 10.3. The van der Waals surface area contributed by atoms with Crippen LogP contribution in [0.25, 0.3) is 11.0 Å². The van der Waals surface area contributed by atoms with E-state index in [-0.39, 0.29) is 0 Å². The van der Waals surface area contributed by atoms with Crippen LogP contribution in [-0.2, 0) is 4.79 Å². The van der Waals surface area contributed by atoms with E-state index in [4.69, 9.17) is 5.11 Å². The smallest absolute Gasteiger partial charge is 0.328 e. The predicted molar refractivity (Wildman–Crippen MR) is 83.9 cm³/mol. The highest BCUT2D eigenvalue weighted by Crippen LogP contribution is 2.29. The molecule has 1 aliphatic rings. The van der Waals surface area contributed by atoms with E-state index in [0.29, 0.717) is 5.25 Å². The van der Waals surface area contributed by atoms with Crippen molar-refractivity contribution < 1.29 is 9.90 Å². The number of fused-ring (bicyclic) bond motifs is 1. The average Bonchev–Trinajstić information content (AvgIpc) is 2.96. The first-order chi connectivity index (χ1) is 9.65. The molecule has 1 unspecified atom stereocenters. The van der Waals surface area contributed by atoms with E-state index in [1.165, 1.54) is 6.08 Å². The van der Waals surface area contributed by atoms with Crippen molar-refractivity contribution in [2.75, 3.05) is 23.7 Å². The van der Waals surface area contributed by atoms with Gasteiger partial charge in [-0.05, 0) is 6.08 Å². The maximum absolute atomic E-state index is 10.8. The molecule has 0 bridgehead atoms. The Morgan fingerprint density at radius 3 is 3.20 bits per heavy atom. The van der Waals surface area contributed by atoms with Crippen LogP contribution in [0.2, 0.25) is 0 Å². The zero-order valence-electron chi connectivity index (χ0n) is 11.0. The molecule has 0 aliphatic carbocycles. The van der Waals surface area contributed by atoms with Crippen molar-refractivity contribution in [2.24, 2.45) is 0 Å². The van der Waals surface area contributed by atoms with Crippen LogP contribution in [0.15, 0.2) is 17.7 Å². The number of carboxylic acids is 1. The zero-order chi connectivity index (χ0) is 14.1. The van der Waals surface area contributed by atoms with Gasteiger partial charge < -0.3 is 10.0 Å². The monoisotopic (exact) mass is 309 g/mol. The number of aromatic nitrogens is 2. The minimum Gasteiger partial charge on any atom is -0.478 e. The summed E-state index contributed by atoms with van der Waals surface area (Å²) in [5.41, 5.74) is 0.850. The van der Waals surface area contributed by atoms with E-state index >= 15 is 0 Å². The molecule has 3 heterocycles. The van der Waals surface area contributed by atoms with Gasteiger partial charge in [0, 0.05) is 41.7 Å². The number of carboxylic acid groups (broad SMARTS) is 1. The molecule has 1 N–H and O–H groups in total. The molecule has 0 saturated carbocycles. The number of aliphatic carboxylic acids is 1. The van der Waals surface area contributed by atoms with Crippen molar-refractivity contribution in [2.45, 2.75) is 12.2 Å². The van der Waals surface area contributed by atoms with Crippen molar-refractivity contribution in [3.05, 3.63) is 23.3 Å². The molecule has 1 fully saturated rings. The van der Waals surface area contributed by atoms with Gasteiger partial charge in [0.05, 0.1) is 5.69 Å². The van der Waals surface area contributed by atoms with Crippen LogP contribution in [-0.4, -0.2) is 44.6 Å². The summed E-state index contributed by atoms with van der Waals surface area (Å²) in [6.07, 6.45) is 4.74. The molecule has 7 heteroatoms. The molecule has 5 nitrogen and oxygen atoms in total. The number of nitrogens with zero attached hydrogens (tertiary/aromatic N) is 3. The SMILES string of the molecule is CC1CN(c2nc3sccn3c2/C=C/C(=O)O)CCS1. The van der Waals surface area contributed by atoms with Gasteiger partial charge in [0.25, 0.3) is 0 Å². The van der Waals surface area contributed by atoms with Gasteiger partial charge in [0.2, 0.25) is 0 Å². The second-order valence-electron chi connectivity index (χ2n) is 4.68. The van der Waals surface area contributed by atoms with Crippen molar-refractivity contribution in [3.8, 4) is 0 Å². The fourth-order valence-corrected chi connectivity index (χ4v) is 4.07. The second kappa shape index (κ2) is 5.49. The fourth-order valence-electron chi connectivity index (χ4n) is 2.34. The first-order valence-corrected chi connectivity index (χ1v) is 8.31. The molecule has 0 amide bonds. The standard InChI is InChI=1S/C13H15N3O2S2/c1-9-8-15(4-6-19-9)12-10(2-3-11(17)18)16-5-7-20-13(16)14-12/h2-3,5,7,9H,4,6,8H2,1H3,(H,17,18)/b3-2+. The maximum atomic E-state index is 10.8. The van der Waals surface area contributed by atoms with E-state index in [0.717, 1.165) is 35.3 Å². The topological polar surface area (TPSA) is 57.8 Å². The summed E-state index contributed by atoms with van der Waals surface area (Å²) in [5.74, 6) is 1.03. The third-order valence-corrected chi connectivity index (χ3v) is 5.10. The number of rotatable bonds is 3. The van der Waals surface area contributed by atoms with E-state index < -0.39 is 5.97 Å². The summed E-state index contributed by atoms with van der Waals surface area (Å²) in [5, 5.41) is 11.4. The Morgan fingerprint density at radius 1 is 1.60 bits per heavy atom. The number of anilines is 1. The van der Waals surface area contributed by atoms with E-state index in [1.807, 2.05) is 27.7 Å². The summed E-state index contributed by atoms with van der Waals surface area (Å²) in [6, 6.07) is 0. The molecule has 2 aromatic heterocycles. The van der Waals surface area contributed by atoms with Gasteiger partial charge in [-0.1, -0.05) is 6.92 Å².